The smallest absolute Gasteiger partial charge is 0.271 e. The number of thiophene rings is 1. The summed E-state index contributed by atoms with van der Waals surface area (Å²) in [4.78, 5) is 4.21. The number of nitrogens with zero attached hydrogens (tertiary/aromatic N) is 2. The highest BCUT2D eigenvalue weighted by molar-refractivity contribution is 7.94. The lowest BCUT2D eigenvalue weighted by molar-refractivity contribution is 0.432. The van der Waals surface area contributed by atoms with Gasteiger partial charge in [0.05, 0.1) is 5.56 Å². The van der Waals surface area contributed by atoms with Crippen LogP contribution in [0.4, 0.5) is 10.1 Å². The molecule has 4 rings (SSSR count). The zero-order valence-corrected chi connectivity index (χ0v) is 16.4. The SMILES string of the molecule is O=S(=O)(Nc1ccc(Cl)cc1)c1cc(-c2nc(-c3cccc(F)c3)no2)cs1. The van der Waals surface area contributed by atoms with E-state index in [0.29, 0.717) is 21.8 Å². The van der Waals surface area contributed by atoms with E-state index in [1.165, 1.54) is 18.2 Å². The van der Waals surface area contributed by atoms with Gasteiger partial charge in [-0.3, -0.25) is 4.72 Å². The maximum absolute atomic E-state index is 13.4. The summed E-state index contributed by atoms with van der Waals surface area (Å²) in [6, 6.07) is 13.5. The number of halogens is 2. The van der Waals surface area contributed by atoms with Crippen LogP contribution in [0.1, 0.15) is 0 Å². The minimum absolute atomic E-state index is 0.0861. The first-order valence-electron chi connectivity index (χ1n) is 7.88. The van der Waals surface area contributed by atoms with Crippen molar-refractivity contribution < 1.29 is 17.3 Å². The number of sulfonamides is 1. The van der Waals surface area contributed by atoms with Gasteiger partial charge in [-0.05, 0) is 42.5 Å². The maximum atomic E-state index is 13.4. The first kappa shape index (κ1) is 18.6. The van der Waals surface area contributed by atoms with Crippen LogP contribution in [0.3, 0.4) is 0 Å². The first-order chi connectivity index (χ1) is 13.4. The van der Waals surface area contributed by atoms with E-state index in [9.17, 15) is 12.8 Å². The van der Waals surface area contributed by atoms with Crippen molar-refractivity contribution in [2.24, 2.45) is 0 Å². The molecule has 0 bridgehead atoms. The van der Waals surface area contributed by atoms with Gasteiger partial charge in [-0.15, -0.1) is 11.3 Å². The van der Waals surface area contributed by atoms with Gasteiger partial charge in [0.15, 0.2) is 0 Å². The molecule has 0 aliphatic rings. The van der Waals surface area contributed by atoms with Crippen molar-refractivity contribution in [3.63, 3.8) is 0 Å². The van der Waals surface area contributed by atoms with Crippen LogP contribution >= 0.6 is 22.9 Å². The van der Waals surface area contributed by atoms with Crippen molar-refractivity contribution in [3.8, 4) is 22.8 Å². The fraction of sp³-hybridized carbons (Fsp3) is 0. The predicted octanol–water partition coefficient (Wildman–Crippen LogP) is 5.06. The molecule has 0 radical (unpaired) electrons. The Kier molecular flexibility index (Phi) is 4.88. The van der Waals surface area contributed by atoms with E-state index >= 15 is 0 Å². The number of hydrogen-bond donors (Lipinski definition) is 1. The Balaban J connectivity index is 1.58. The Morgan fingerprint density at radius 2 is 1.86 bits per heavy atom. The lowest BCUT2D eigenvalue weighted by Gasteiger charge is -2.05. The number of hydrogen-bond acceptors (Lipinski definition) is 6. The van der Waals surface area contributed by atoms with Gasteiger partial charge in [0.2, 0.25) is 5.82 Å². The zero-order valence-electron chi connectivity index (χ0n) is 14.0. The highest BCUT2D eigenvalue weighted by Gasteiger charge is 2.20. The van der Waals surface area contributed by atoms with Crippen LogP contribution in [0.15, 0.2) is 68.7 Å². The second-order valence-corrected chi connectivity index (χ2v) is 8.96. The minimum atomic E-state index is -3.78. The monoisotopic (exact) mass is 435 g/mol. The van der Waals surface area contributed by atoms with E-state index in [1.54, 1.807) is 41.8 Å². The Morgan fingerprint density at radius 1 is 1.07 bits per heavy atom. The number of rotatable bonds is 5. The van der Waals surface area contributed by atoms with Gasteiger partial charge < -0.3 is 4.52 Å². The molecule has 0 atom stereocenters. The highest BCUT2D eigenvalue weighted by atomic mass is 35.5. The molecule has 4 aromatic rings. The lowest BCUT2D eigenvalue weighted by Crippen LogP contribution is -2.11. The number of aromatic nitrogens is 2. The van der Waals surface area contributed by atoms with E-state index in [-0.39, 0.29) is 15.9 Å². The Labute approximate surface area is 168 Å². The molecular formula is C18H11ClFN3O3S2. The Morgan fingerprint density at radius 3 is 2.61 bits per heavy atom. The van der Waals surface area contributed by atoms with Crippen LogP contribution in [0, 0.1) is 5.82 Å². The number of benzene rings is 2. The number of anilines is 1. The molecule has 0 saturated carbocycles. The second-order valence-electron chi connectivity index (χ2n) is 5.70. The van der Waals surface area contributed by atoms with Gasteiger partial charge in [-0.25, -0.2) is 12.8 Å². The quantitative estimate of drug-likeness (QED) is 0.473. The third kappa shape index (κ3) is 3.91. The largest absolute Gasteiger partial charge is 0.334 e. The summed E-state index contributed by atoms with van der Waals surface area (Å²) in [5.74, 6) is -0.0612. The molecule has 2 aromatic carbocycles. The average molecular weight is 436 g/mol. The van der Waals surface area contributed by atoms with Crippen molar-refractivity contribution in [3.05, 3.63) is 70.8 Å². The van der Waals surface area contributed by atoms with Gasteiger partial charge in [0.25, 0.3) is 15.9 Å². The van der Waals surface area contributed by atoms with Gasteiger partial charge in [0.1, 0.15) is 10.0 Å². The standard InChI is InChI=1S/C18H11ClFN3O3S2/c19-13-4-6-15(7-5-13)23-28(24,25)16-9-12(10-27-16)18-21-17(22-26-18)11-2-1-3-14(20)8-11/h1-10,23H. The molecule has 0 aliphatic carbocycles. The van der Waals surface area contributed by atoms with E-state index < -0.39 is 15.8 Å². The summed E-state index contributed by atoms with van der Waals surface area (Å²) >= 11 is 6.82. The fourth-order valence-electron chi connectivity index (χ4n) is 2.38. The van der Waals surface area contributed by atoms with E-state index in [4.69, 9.17) is 16.1 Å². The Hall–Kier alpha value is -2.75. The predicted molar refractivity (Wildman–Crippen MR) is 105 cm³/mol. The van der Waals surface area contributed by atoms with Crippen LogP contribution in [-0.2, 0) is 10.0 Å². The normalized spacial score (nSPS) is 11.5. The molecular weight excluding hydrogens is 425 g/mol. The number of nitrogens with one attached hydrogen (secondary N) is 1. The third-order valence-corrected chi connectivity index (χ3v) is 6.77. The zero-order chi connectivity index (χ0) is 19.7. The summed E-state index contributed by atoms with van der Waals surface area (Å²) in [6.07, 6.45) is 0. The van der Waals surface area contributed by atoms with Gasteiger partial charge in [-0.1, -0.05) is 28.9 Å². The van der Waals surface area contributed by atoms with Crippen molar-refractivity contribution in [2.75, 3.05) is 4.72 Å². The first-order valence-corrected chi connectivity index (χ1v) is 10.6. The molecule has 0 aliphatic heterocycles. The molecule has 142 valence electrons. The van der Waals surface area contributed by atoms with E-state index in [1.807, 2.05) is 0 Å². The average Bonchev–Trinajstić information content (AvgIpc) is 3.33. The van der Waals surface area contributed by atoms with Crippen LogP contribution in [0.2, 0.25) is 5.02 Å². The van der Waals surface area contributed by atoms with Crippen molar-refractivity contribution >= 4 is 38.6 Å². The lowest BCUT2D eigenvalue weighted by atomic mass is 10.2. The summed E-state index contributed by atoms with van der Waals surface area (Å²) in [6.45, 7) is 0. The van der Waals surface area contributed by atoms with Crippen LogP contribution in [-0.4, -0.2) is 18.6 Å². The van der Waals surface area contributed by atoms with Gasteiger partial charge in [-0.2, -0.15) is 4.98 Å². The molecule has 10 heteroatoms. The summed E-state index contributed by atoms with van der Waals surface area (Å²) in [5, 5.41) is 5.93. The Bertz CT molecular complexity index is 1240. The summed E-state index contributed by atoms with van der Waals surface area (Å²) in [7, 11) is -3.78. The fourth-order valence-corrected chi connectivity index (χ4v) is 4.72. The van der Waals surface area contributed by atoms with Crippen molar-refractivity contribution in [1.82, 2.24) is 10.1 Å². The van der Waals surface area contributed by atoms with Gasteiger partial charge >= 0.3 is 0 Å². The van der Waals surface area contributed by atoms with Crippen molar-refractivity contribution in [2.45, 2.75) is 4.21 Å². The molecule has 28 heavy (non-hydrogen) atoms. The molecule has 0 fully saturated rings. The van der Waals surface area contributed by atoms with Gasteiger partial charge in [0, 0.05) is 21.7 Å². The van der Waals surface area contributed by atoms with Crippen molar-refractivity contribution in [1.29, 1.82) is 0 Å². The third-order valence-electron chi connectivity index (χ3n) is 3.69. The molecule has 2 heterocycles. The molecule has 0 saturated heterocycles. The van der Waals surface area contributed by atoms with E-state index in [2.05, 4.69) is 14.9 Å². The highest BCUT2D eigenvalue weighted by Crippen LogP contribution is 2.30. The summed E-state index contributed by atoms with van der Waals surface area (Å²) in [5.41, 5.74) is 1.31. The van der Waals surface area contributed by atoms with Crippen LogP contribution in [0.25, 0.3) is 22.8 Å². The summed E-state index contributed by atoms with van der Waals surface area (Å²) < 4.78 is 46.2. The molecule has 1 N–H and O–H groups in total. The molecule has 2 aromatic heterocycles. The molecule has 0 spiro atoms. The molecule has 0 amide bonds. The molecule has 0 unspecified atom stereocenters. The van der Waals surface area contributed by atoms with Crippen LogP contribution in [0.5, 0.6) is 0 Å². The minimum Gasteiger partial charge on any atom is -0.334 e. The molecule has 6 nitrogen and oxygen atoms in total. The maximum Gasteiger partial charge on any atom is 0.271 e. The topological polar surface area (TPSA) is 85.1 Å². The van der Waals surface area contributed by atoms with Crippen LogP contribution < -0.4 is 4.72 Å². The van der Waals surface area contributed by atoms with E-state index in [0.717, 1.165) is 11.3 Å². The second kappa shape index (κ2) is 7.34.